The van der Waals surface area contributed by atoms with E-state index >= 15 is 0 Å². The first-order chi connectivity index (χ1) is 54.6. The summed E-state index contributed by atoms with van der Waals surface area (Å²) in [7, 11) is 0. The Morgan fingerprint density at radius 1 is 0.357 bits per heavy atom. The third-order valence-corrected chi connectivity index (χ3v) is 25.0. The highest BCUT2D eigenvalue weighted by Crippen LogP contribution is 2.52. The molecular formula is C81H73ClF14N4O11S4. The summed E-state index contributed by atoms with van der Waals surface area (Å²) in [6.07, 6.45) is 10.4. The van der Waals surface area contributed by atoms with E-state index in [9.17, 15) is 95.0 Å². The first kappa shape index (κ1) is 89.6. The van der Waals surface area contributed by atoms with E-state index in [2.05, 4.69) is 21.3 Å². The van der Waals surface area contributed by atoms with Crippen LogP contribution in [0.4, 0.5) is 84.2 Å². The van der Waals surface area contributed by atoms with E-state index in [-0.39, 0.29) is 100.0 Å². The van der Waals surface area contributed by atoms with Gasteiger partial charge in [-0.25, -0.2) is 61.5 Å². The minimum Gasteiger partial charge on any atom is -0.481 e. The number of hydrogen-bond donors (Lipinski definition) is 8. The summed E-state index contributed by atoms with van der Waals surface area (Å²) < 4.78 is 189. The maximum absolute atomic E-state index is 14.2. The predicted molar refractivity (Wildman–Crippen MR) is 409 cm³/mol. The predicted octanol–water partition coefficient (Wildman–Crippen LogP) is 21.3. The third kappa shape index (κ3) is 25.9. The molecule has 15 nitrogen and oxygen atoms in total. The number of anilines is 4. The lowest BCUT2D eigenvalue weighted by molar-refractivity contribution is -0.144. The van der Waals surface area contributed by atoms with E-state index in [4.69, 9.17) is 32.0 Å². The number of rotatable bonds is 24. The third-order valence-electron chi connectivity index (χ3n) is 19.5. The van der Waals surface area contributed by atoms with Gasteiger partial charge in [-0.2, -0.15) is 0 Å². The van der Waals surface area contributed by atoms with Gasteiger partial charge >= 0.3 is 17.9 Å². The van der Waals surface area contributed by atoms with Crippen molar-refractivity contribution in [2.24, 2.45) is 35.0 Å². The maximum atomic E-state index is 14.2. The van der Waals surface area contributed by atoms with E-state index in [1.165, 1.54) is 114 Å². The van der Waals surface area contributed by atoms with Crippen molar-refractivity contribution >= 4 is 123 Å². The Bertz CT molecular complexity index is 4830. The van der Waals surface area contributed by atoms with Crippen molar-refractivity contribution in [2.75, 3.05) is 45.1 Å². The molecule has 0 heterocycles. The molecule has 0 bridgehead atoms. The smallest absolute Gasteiger partial charge is 0.306 e. The summed E-state index contributed by atoms with van der Waals surface area (Å²) >= 11 is 10.8. The quantitative estimate of drug-likeness (QED) is 0.0159. The Kier molecular flexibility index (Phi) is 32.4. The molecule has 8 aromatic rings. The number of thioether (sulfide) groups is 4. The number of aliphatic carboxylic acids is 3. The highest BCUT2D eigenvalue weighted by molar-refractivity contribution is 8.00. The molecule has 0 aromatic heterocycles. The summed E-state index contributed by atoms with van der Waals surface area (Å²) in [5.74, 6) is -19.4. The zero-order valence-electron chi connectivity index (χ0n) is 60.5. The fourth-order valence-corrected chi connectivity index (χ4v) is 17.6. The Morgan fingerprint density at radius 2 is 0.652 bits per heavy atom. The maximum Gasteiger partial charge on any atom is 0.306 e. The topological polar surface area (TPSA) is 249 Å². The molecule has 0 spiro atoms. The lowest BCUT2D eigenvalue weighted by atomic mass is 9.83. The molecule has 115 heavy (non-hydrogen) atoms. The second-order valence-corrected chi connectivity index (χ2v) is 32.6. The molecule has 0 unspecified atom stereocenters. The minimum atomic E-state index is -1.64. The van der Waals surface area contributed by atoms with Gasteiger partial charge < -0.3 is 41.7 Å². The fraction of sp³-hybridized carbons (Fsp3) is 0.321. The van der Waals surface area contributed by atoms with Crippen molar-refractivity contribution < 1.29 is 115 Å². The molecule has 4 fully saturated rings. The van der Waals surface area contributed by atoms with Gasteiger partial charge in [-0.15, -0.1) is 47.0 Å². The highest BCUT2D eigenvalue weighted by atomic mass is 35.5. The molecule has 12 rings (SSSR count). The summed E-state index contributed by atoms with van der Waals surface area (Å²) in [6.45, 7) is 0.0796. The van der Waals surface area contributed by atoms with Gasteiger partial charge in [0.15, 0.2) is 52.4 Å². The van der Waals surface area contributed by atoms with Crippen LogP contribution in [-0.4, -0.2) is 91.1 Å². The summed E-state index contributed by atoms with van der Waals surface area (Å²) in [4.78, 5) is 83.6. The molecular weight excluding hydrogens is 1630 g/mol. The summed E-state index contributed by atoms with van der Waals surface area (Å²) in [6, 6.07) is 23.1. The molecule has 0 aliphatic heterocycles. The first-order valence-electron chi connectivity index (χ1n) is 35.8. The molecule has 612 valence electrons. The van der Waals surface area contributed by atoms with Crippen LogP contribution in [0.15, 0.2) is 147 Å². The average Bonchev–Trinajstić information content (AvgIpc) is 1.69. The zero-order chi connectivity index (χ0) is 83.5. The number of carboxylic acids is 3. The lowest BCUT2D eigenvalue weighted by Gasteiger charge is -2.25. The Morgan fingerprint density at radius 3 is 0.965 bits per heavy atom. The number of carbonyl (C=O) groups is 7. The van der Waals surface area contributed by atoms with Gasteiger partial charge in [-0.3, -0.25) is 33.6 Å². The molecule has 0 saturated heterocycles. The van der Waals surface area contributed by atoms with Gasteiger partial charge in [-0.05, 0) is 205 Å². The van der Waals surface area contributed by atoms with Gasteiger partial charge in [-0.1, -0.05) is 11.6 Å². The Balaban J connectivity index is 0.000000176. The van der Waals surface area contributed by atoms with Crippen molar-refractivity contribution in [1.29, 1.82) is 0 Å². The van der Waals surface area contributed by atoms with Crippen molar-refractivity contribution in [3.63, 3.8) is 0 Å². The number of aliphatic hydroxyl groups excluding tert-OH is 1. The lowest BCUT2D eigenvalue weighted by Crippen LogP contribution is -2.22. The Hall–Kier alpha value is -9.28. The van der Waals surface area contributed by atoms with Gasteiger partial charge in [0.25, 0.3) is 23.6 Å². The van der Waals surface area contributed by atoms with Crippen LogP contribution in [0.5, 0.6) is 0 Å². The van der Waals surface area contributed by atoms with Crippen molar-refractivity contribution in [1.82, 2.24) is 0 Å². The molecule has 4 aliphatic rings. The Labute approximate surface area is 671 Å². The SMILES string of the molecule is O=C(Nc1cc(F)c(F)c(F)c1)c1ccc(F)c(SC2CCC(C(=O)O)CC2)c1.O=C(Nc1cc(F)c(F)c(F)c1)c1ccc(F)c(SCC2(CCO)CC2)c1.O=C(Nc1cc(F)c(F)c(F)c1)c1ccc(F)c(SCC2CCC(C(=O)O)CC2)c1.O=C(Nc1ccc(F)c(Cl)c1)c1ccc(F)c(SCC2CCC(C(=O)O)CC2)c1. The van der Waals surface area contributed by atoms with Crippen molar-refractivity contribution in [2.45, 2.75) is 121 Å². The molecule has 4 saturated carbocycles. The van der Waals surface area contributed by atoms with E-state index in [0.717, 1.165) is 62.8 Å². The normalized spacial score (nSPS) is 18.0. The van der Waals surface area contributed by atoms with Crippen LogP contribution in [0.25, 0.3) is 0 Å². The van der Waals surface area contributed by atoms with Crippen LogP contribution in [0.2, 0.25) is 5.02 Å². The summed E-state index contributed by atoms with van der Waals surface area (Å²) in [5.41, 5.74) is 0.136. The monoisotopic (exact) mass is 1710 g/mol. The number of carbonyl (C=O) groups excluding carboxylic acids is 4. The number of hydrogen-bond acceptors (Lipinski definition) is 12. The molecule has 4 amide bonds. The fourth-order valence-electron chi connectivity index (χ4n) is 12.6. The second-order valence-electron chi connectivity index (χ2n) is 27.7. The van der Waals surface area contributed by atoms with Crippen LogP contribution in [-0.2, 0) is 14.4 Å². The minimum absolute atomic E-state index is 0.0211. The van der Waals surface area contributed by atoms with Crippen LogP contribution in [0, 0.1) is 116 Å². The highest BCUT2D eigenvalue weighted by Gasteiger charge is 2.42. The molecule has 0 radical (unpaired) electrons. The number of nitrogens with one attached hydrogen (secondary N) is 4. The molecule has 0 atom stereocenters. The van der Waals surface area contributed by atoms with E-state index in [1.807, 2.05) is 0 Å². The molecule has 8 N–H and O–H groups in total. The number of amides is 4. The number of benzene rings is 8. The van der Waals surface area contributed by atoms with E-state index in [1.54, 1.807) is 0 Å². The van der Waals surface area contributed by atoms with Gasteiger partial charge in [0.1, 0.15) is 29.1 Å². The second kappa shape index (κ2) is 41.5. The van der Waals surface area contributed by atoms with Crippen LogP contribution in [0.1, 0.15) is 138 Å². The van der Waals surface area contributed by atoms with Gasteiger partial charge in [0, 0.05) is 130 Å². The molecule has 8 aromatic carbocycles. The van der Waals surface area contributed by atoms with Crippen molar-refractivity contribution in [3.05, 3.63) is 236 Å². The standard InChI is InChI=1S/C21H20ClF2NO3S.C21H19F4NO3S.C20H17F4NO3S.C19H17F4NO2S/c22-16-10-15(6-8-17(16)23)25-20(26)14-5-7-18(24)19(9-14)29-11-12-1-3-13(4-2-12)21(27)28;22-15-6-5-13(20(27)26-14-8-16(23)19(25)17(24)9-14)7-18(15)30-10-11-1-3-12(4-2-11)21(28)29;21-14-6-3-11(19(26)25-12-8-15(22)18(24)16(23)9-12)7-17(14)29-13-4-1-10(2-5-13)20(27)28;20-13-2-1-11(7-16(13)27-10-19(3-4-19)5-6-25)18(26)24-12-8-14(21)17(23)15(22)9-12/h5-10,12-13H,1-4,11H2,(H,25,26)(H,27,28);5-9,11-12H,1-4,10H2,(H,26,27)(H,28,29);3,6-10,13H,1-2,4-5H2,(H,25,26)(H,27,28);1-2,7-9,25H,3-6,10H2,(H,24,26). The zero-order valence-corrected chi connectivity index (χ0v) is 64.5. The van der Waals surface area contributed by atoms with Crippen LogP contribution in [0.3, 0.4) is 0 Å². The van der Waals surface area contributed by atoms with Gasteiger partial charge in [0.2, 0.25) is 0 Å². The van der Waals surface area contributed by atoms with Gasteiger partial charge in [0.05, 0.1) is 22.8 Å². The van der Waals surface area contributed by atoms with Crippen molar-refractivity contribution in [3.8, 4) is 0 Å². The average molecular weight is 1710 g/mol. The van der Waals surface area contributed by atoms with Crippen LogP contribution >= 0.6 is 58.6 Å². The first-order valence-corrected chi connectivity index (χ1v) is 40.0. The van der Waals surface area contributed by atoms with E-state index < -0.39 is 123 Å². The van der Waals surface area contributed by atoms with Crippen LogP contribution < -0.4 is 21.3 Å². The number of aliphatic hydroxyl groups is 1. The number of halogens is 15. The largest absolute Gasteiger partial charge is 0.481 e. The number of carboxylic acid groups (broad SMARTS) is 3. The summed E-state index contributed by atoms with van der Waals surface area (Å²) in [5, 5.41) is 45.6. The van der Waals surface area contributed by atoms with E-state index in [0.29, 0.717) is 128 Å². The molecule has 4 aliphatic carbocycles. The molecule has 34 heteroatoms.